The van der Waals surface area contributed by atoms with Gasteiger partial charge in [0, 0.05) is 12.5 Å². The summed E-state index contributed by atoms with van der Waals surface area (Å²) in [6.07, 6.45) is 1.02. The molecule has 1 saturated carbocycles. The number of ether oxygens (including phenoxy) is 1. The minimum Gasteiger partial charge on any atom is -0.481 e. The van der Waals surface area contributed by atoms with Gasteiger partial charge in [0.25, 0.3) is 0 Å². The molecule has 0 aromatic heterocycles. The first-order chi connectivity index (χ1) is 4.30. The highest BCUT2D eigenvalue weighted by Gasteiger charge is 2.58. The average molecular weight is 128 g/mol. The van der Waals surface area contributed by atoms with Gasteiger partial charge < -0.3 is 9.84 Å². The molecule has 2 fully saturated rings. The van der Waals surface area contributed by atoms with E-state index in [4.69, 9.17) is 9.84 Å². The fraction of sp³-hybridized carbons (Fsp3) is 0.833. The van der Waals surface area contributed by atoms with Crippen LogP contribution in [0.25, 0.3) is 0 Å². The first kappa shape index (κ1) is 5.23. The van der Waals surface area contributed by atoms with Gasteiger partial charge in [0.2, 0.25) is 0 Å². The molecule has 1 N–H and O–H groups in total. The van der Waals surface area contributed by atoms with E-state index in [0.29, 0.717) is 5.92 Å². The summed E-state index contributed by atoms with van der Waals surface area (Å²) in [5.74, 6) is -0.508. The molecule has 1 aliphatic heterocycles. The van der Waals surface area contributed by atoms with Crippen LogP contribution in [0, 0.1) is 11.8 Å². The smallest absolute Gasteiger partial charge is 0.309 e. The van der Waals surface area contributed by atoms with E-state index in [-0.39, 0.29) is 12.0 Å². The van der Waals surface area contributed by atoms with E-state index in [2.05, 4.69) is 0 Å². The highest BCUT2D eigenvalue weighted by Crippen LogP contribution is 2.48. The molecule has 0 bridgehead atoms. The summed E-state index contributed by atoms with van der Waals surface area (Å²) in [4.78, 5) is 10.3. The molecule has 1 heterocycles. The molecular weight excluding hydrogens is 120 g/mol. The second-order valence-corrected chi connectivity index (χ2v) is 2.65. The van der Waals surface area contributed by atoms with E-state index in [9.17, 15) is 4.79 Å². The molecule has 3 nitrogen and oxygen atoms in total. The number of fused-ring (bicyclic) bond motifs is 1. The molecule has 1 aliphatic carbocycles. The molecule has 0 amide bonds. The third-order valence-electron chi connectivity index (χ3n) is 2.14. The largest absolute Gasteiger partial charge is 0.481 e. The van der Waals surface area contributed by atoms with Crippen molar-refractivity contribution in [1.29, 1.82) is 0 Å². The Hall–Kier alpha value is -0.570. The number of carbonyl (C=O) groups is 1. The van der Waals surface area contributed by atoms with E-state index in [1.54, 1.807) is 0 Å². The lowest BCUT2D eigenvalue weighted by Crippen LogP contribution is -2.07. The third kappa shape index (κ3) is 0.580. The standard InChI is InChI=1S/C6H8O3/c7-6(8)4-3-1-2-9-5(3)4/h3-5H,1-2H2,(H,7,8)/t3-,4-,5+/m0/s1. The monoisotopic (exact) mass is 128 g/mol. The van der Waals surface area contributed by atoms with Gasteiger partial charge >= 0.3 is 5.97 Å². The number of aliphatic carboxylic acids is 1. The molecule has 0 unspecified atom stereocenters. The van der Waals surface area contributed by atoms with Crippen molar-refractivity contribution in [3.8, 4) is 0 Å². The van der Waals surface area contributed by atoms with Crippen LogP contribution in [0.5, 0.6) is 0 Å². The van der Waals surface area contributed by atoms with Crippen LogP contribution in [0.2, 0.25) is 0 Å². The number of carboxylic acids is 1. The zero-order chi connectivity index (χ0) is 6.43. The lowest BCUT2D eigenvalue weighted by Gasteiger charge is -1.95. The predicted octanol–water partition coefficient (Wildman–Crippen LogP) is 0.106. The summed E-state index contributed by atoms with van der Waals surface area (Å²) in [6, 6.07) is 0. The lowest BCUT2D eigenvalue weighted by molar-refractivity contribution is -0.140. The quantitative estimate of drug-likeness (QED) is 0.545. The summed E-state index contributed by atoms with van der Waals surface area (Å²) in [5, 5.41) is 8.48. The van der Waals surface area contributed by atoms with Crippen LogP contribution in [0.3, 0.4) is 0 Å². The molecular formula is C6H8O3. The topological polar surface area (TPSA) is 46.5 Å². The molecule has 0 aromatic carbocycles. The molecule has 0 spiro atoms. The number of hydrogen-bond acceptors (Lipinski definition) is 2. The van der Waals surface area contributed by atoms with E-state index >= 15 is 0 Å². The Morgan fingerprint density at radius 2 is 2.44 bits per heavy atom. The second-order valence-electron chi connectivity index (χ2n) is 2.65. The van der Waals surface area contributed by atoms with Crippen molar-refractivity contribution in [3.63, 3.8) is 0 Å². The van der Waals surface area contributed by atoms with Crippen LogP contribution in [0.15, 0.2) is 0 Å². The molecule has 0 radical (unpaired) electrons. The molecule has 3 heteroatoms. The number of hydrogen-bond donors (Lipinski definition) is 1. The fourth-order valence-corrected chi connectivity index (χ4v) is 1.58. The van der Waals surface area contributed by atoms with Crippen molar-refractivity contribution in [2.75, 3.05) is 6.61 Å². The molecule has 2 rings (SSSR count). The summed E-state index contributed by atoms with van der Waals surface area (Å²) in [5.41, 5.74) is 0. The molecule has 1 saturated heterocycles. The van der Waals surface area contributed by atoms with E-state index in [1.807, 2.05) is 0 Å². The van der Waals surface area contributed by atoms with Gasteiger partial charge in [0.15, 0.2) is 0 Å². The molecule has 3 atom stereocenters. The van der Waals surface area contributed by atoms with Gasteiger partial charge in [-0.05, 0) is 6.42 Å². The van der Waals surface area contributed by atoms with Crippen LogP contribution in [-0.2, 0) is 9.53 Å². The van der Waals surface area contributed by atoms with Gasteiger partial charge in [-0.15, -0.1) is 0 Å². The summed E-state index contributed by atoms with van der Waals surface area (Å²) >= 11 is 0. The van der Waals surface area contributed by atoms with Crippen molar-refractivity contribution >= 4 is 5.97 Å². The van der Waals surface area contributed by atoms with E-state index in [1.165, 1.54) is 0 Å². The van der Waals surface area contributed by atoms with Crippen molar-refractivity contribution in [2.24, 2.45) is 11.8 Å². The van der Waals surface area contributed by atoms with Crippen molar-refractivity contribution in [2.45, 2.75) is 12.5 Å². The Morgan fingerprint density at radius 1 is 1.67 bits per heavy atom. The maximum atomic E-state index is 10.3. The Bertz CT molecular complexity index is 144. The number of carboxylic acid groups (broad SMARTS) is 1. The third-order valence-corrected chi connectivity index (χ3v) is 2.14. The minimum atomic E-state index is -0.690. The number of rotatable bonds is 1. The molecule has 50 valence electrons. The van der Waals surface area contributed by atoms with Gasteiger partial charge in [-0.1, -0.05) is 0 Å². The van der Waals surface area contributed by atoms with E-state index in [0.717, 1.165) is 13.0 Å². The Labute approximate surface area is 52.6 Å². The highest BCUT2D eigenvalue weighted by molar-refractivity contribution is 5.75. The fourth-order valence-electron chi connectivity index (χ4n) is 1.58. The second kappa shape index (κ2) is 1.48. The van der Waals surface area contributed by atoms with Crippen LogP contribution < -0.4 is 0 Å². The Balaban J connectivity index is 2.02. The summed E-state index contributed by atoms with van der Waals surface area (Å²) in [7, 11) is 0. The normalized spacial score (nSPS) is 46.4. The van der Waals surface area contributed by atoms with E-state index < -0.39 is 5.97 Å². The average Bonchev–Trinajstić information content (AvgIpc) is 2.30. The van der Waals surface area contributed by atoms with Gasteiger partial charge in [0.1, 0.15) is 0 Å². The summed E-state index contributed by atoms with van der Waals surface area (Å²) < 4.78 is 5.12. The maximum Gasteiger partial charge on any atom is 0.309 e. The van der Waals surface area contributed by atoms with Gasteiger partial charge in [-0.3, -0.25) is 4.79 Å². The maximum absolute atomic E-state index is 10.3. The van der Waals surface area contributed by atoms with Crippen molar-refractivity contribution < 1.29 is 14.6 Å². The molecule has 9 heavy (non-hydrogen) atoms. The van der Waals surface area contributed by atoms with Crippen molar-refractivity contribution in [3.05, 3.63) is 0 Å². The molecule has 0 aromatic rings. The SMILES string of the molecule is O=C(O)[C@H]1[C@@H]2CCO[C@H]21. The van der Waals surface area contributed by atoms with Gasteiger partial charge in [-0.2, -0.15) is 0 Å². The van der Waals surface area contributed by atoms with Crippen LogP contribution >= 0.6 is 0 Å². The minimum absolute atomic E-state index is 0.0718. The zero-order valence-corrected chi connectivity index (χ0v) is 4.91. The Kier molecular flexibility index (Phi) is 0.858. The van der Waals surface area contributed by atoms with Crippen LogP contribution in [0.1, 0.15) is 6.42 Å². The van der Waals surface area contributed by atoms with Crippen molar-refractivity contribution in [1.82, 2.24) is 0 Å². The van der Waals surface area contributed by atoms with Gasteiger partial charge in [0.05, 0.1) is 12.0 Å². The summed E-state index contributed by atoms with van der Waals surface area (Å²) in [6.45, 7) is 0.763. The first-order valence-electron chi connectivity index (χ1n) is 3.15. The van der Waals surface area contributed by atoms with Crippen LogP contribution in [0.4, 0.5) is 0 Å². The predicted molar refractivity (Wildman–Crippen MR) is 29.0 cm³/mol. The lowest BCUT2D eigenvalue weighted by atomic mass is 10.2. The van der Waals surface area contributed by atoms with Gasteiger partial charge in [-0.25, -0.2) is 0 Å². The molecule has 2 aliphatic rings. The zero-order valence-electron chi connectivity index (χ0n) is 4.91. The highest BCUT2D eigenvalue weighted by atomic mass is 16.5. The van der Waals surface area contributed by atoms with Crippen LogP contribution in [-0.4, -0.2) is 23.8 Å². The Morgan fingerprint density at radius 3 is 2.78 bits per heavy atom. The first-order valence-corrected chi connectivity index (χ1v) is 3.15.